The molecule has 0 spiro atoms. The monoisotopic (exact) mass is 474 g/mol. The summed E-state index contributed by atoms with van der Waals surface area (Å²) in [4.78, 5) is 33.7. The summed E-state index contributed by atoms with van der Waals surface area (Å²) in [6.45, 7) is 2.43. The van der Waals surface area contributed by atoms with Crippen LogP contribution >= 0.6 is 19.6 Å². The van der Waals surface area contributed by atoms with E-state index in [0.717, 1.165) is 11.3 Å². The smallest absolute Gasteiger partial charge is 0.746 e. The summed E-state index contributed by atoms with van der Waals surface area (Å²) in [5.41, 5.74) is 0.878. The number of methoxy groups -OCH3 is 1. The number of hydrogen-bond acceptors (Lipinski definition) is 8. The van der Waals surface area contributed by atoms with Crippen molar-refractivity contribution in [2.75, 3.05) is 19.7 Å². The zero-order chi connectivity index (χ0) is 21.7. The second-order valence-electron chi connectivity index (χ2n) is 6.22. The van der Waals surface area contributed by atoms with Crippen molar-refractivity contribution < 1.29 is 67.4 Å². The molecule has 0 aliphatic carbocycles. The van der Waals surface area contributed by atoms with E-state index in [1.54, 1.807) is 18.2 Å². The van der Waals surface area contributed by atoms with Crippen molar-refractivity contribution >= 4 is 31.4 Å². The molecule has 1 aliphatic rings. The minimum absolute atomic E-state index is 0. The van der Waals surface area contributed by atoms with E-state index in [4.69, 9.17) is 19.1 Å². The molecule has 3 rings (SSSR count). The Morgan fingerprint density at radius 3 is 2.74 bits per heavy atom. The third-order valence-electron chi connectivity index (χ3n) is 4.03. The second kappa shape index (κ2) is 11.4. The minimum Gasteiger partial charge on any atom is -0.746 e. The van der Waals surface area contributed by atoms with Crippen molar-refractivity contribution in [1.29, 1.82) is 0 Å². The molecule has 0 aromatic heterocycles. The van der Waals surface area contributed by atoms with E-state index in [-0.39, 0.29) is 46.8 Å². The molecular weight excluding hydrogens is 454 g/mol. The third-order valence-corrected chi connectivity index (χ3v) is 5.32. The quantitative estimate of drug-likeness (QED) is 0.242. The van der Waals surface area contributed by atoms with Crippen molar-refractivity contribution in [3.05, 3.63) is 47.5 Å². The number of allylic oxidation sites excluding steroid dienone is 1. The van der Waals surface area contributed by atoms with Crippen LogP contribution in [0.4, 0.5) is 0 Å². The van der Waals surface area contributed by atoms with Gasteiger partial charge in [-0.25, -0.2) is 0 Å². The molecule has 0 amide bonds. The summed E-state index contributed by atoms with van der Waals surface area (Å²) < 4.78 is 31.9. The Bertz CT molecular complexity index is 1020. The number of phosphoric ester groups is 1. The van der Waals surface area contributed by atoms with Gasteiger partial charge in [-0.15, -0.1) is 0 Å². The first-order chi connectivity index (χ1) is 14.3. The fraction of sp³-hybridized carbons (Fsp3) is 0.250. The van der Waals surface area contributed by atoms with Gasteiger partial charge >= 0.3 is 37.4 Å². The minimum atomic E-state index is -5.01. The van der Waals surface area contributed by atoms with Gasteiger partial charge in [0.15, 0.2) is 17.3 Å². The maximum absolute atomic E-state index is 12.8. The summed E-state index contributed by atoms with van der Waals surface area (Å²) in [6, 6.07) is 7.88. The molecule has 0 saturated carbocycles. The molecule has 0 radical (unpaired) electrons. The van der Waals surface area contributed by atoms with Gasteiger partial charge in [0.25, 0.3) is 0 Å². The largest absolute Gasteiger partial charge is 1.00 e. The normalized spacial score (nSPS) is 14.2. The molecular formula is C20H20NaO8PS. The van der Waals surface area contributed by atoms with Crippen LogP contribution in [0.3, 0.4) is 0 Å². The standard InChI is InChI=1S/C20H21O8PS.Na/c1-3-8-26-17-11-19-20(30-12-27-19)10-14(17)15(21)6-4-13-5-7-16(25-2)18(9-13)28-29(22,23)24;/h4-7,9-11H,3,8,12H2,1-2H3,(H2,22,23,24);/q;+1/p-1/b6-4+;. The van der Waals surface area contributed by atoms with Crippen LogP contribution in [0.25, 0.3) is 6.08 Å². The van der Waals surface area contributed by atoms with Gasteiger partial charge in [0.1, 0.15) is 17.4 Å². The van der Waals surface area contributed by atoms with E-state index in [9.17, 15) is 14.3 Å². The maximum atomic E-state index is 12.8. The van der Waals surface area contributed by atoms with Gasteiger partial charge in [-0.2, -0.15) is 0 Å². The van der Waals surface area contributed by atoms with Crippen molar-refractivity contribution in [1.82, 2.24) is 0 Å². The number of hydrogen-bond donors (Lipinski definition) is 1. The molecule has 2 aromatic carbocycles. The maximum Gasteiger partial charge on any atom is 1.00 e. The van der Waals surface area contributed by atoms with Gasteiger partial charge in [-0.3, -0.25) is 9.36 Å². The number of ketones is 1. The Morgan fingerprint density at radius 2 is 2.06 bits per heavy atom. The van der Waals surface area contributed by atoms with Crippen molar-refractivity contribution in [2.24, 2.45) is 0 Å². The number of carbonyl (C=O) groups excluding carboxylic acids is 1. The molecule has 1 N–H and O–H groups in total. The SMILES string of the molecule is CCCOc1cc2c(cc1C(=O)/C=C/c1ccc(OC)c(OP(=O)([O-])O)c1)SCO2.[Na+]. The van der Waals surface area contributed by atoms with Crippen LogP contribution in [0.2, 0.25) is 0 Å². The Balaban J connectivity index is 0.00000341. The van der Waals surface area contributed by atoms with Crippen molar-refractivity contribution in [2.45, 2.75) is 18.2 Å². The number of fused-ring (bicyclic) bond motifs is 1. The summed E-state index contributed by atoms with van der Waals surface area (Å²) in [7, 11) is -3.68. The van der Waals surface area contributed by atoms with Gasteiger partial charge in [0.05, 0.1) is 24.2 Å². The van der Waals surface area contributed by atoms with Crippen LogP contribution in [0.1, 0.15) is 29.3 Å². The molecule has 1 heterocycles. The molecule has 31 heavy (non-hydrogen) atoms. The number of phosphoric acid groups is 1. The average Bonchev–Trinajstić information content (AvgIpc) is 3.16. The summed E-state index contributed by atoms with van der Waals surface area (Å²) in [5, 5.41) is 0. The van der Waals surface area contributed by atoms with E-state index < -0.39 is 7.82 Å². The molecule has 0 bridgehead atoms. The van der Waals surface area contributed by atoms with E-state index in [1.807, 2.05) is 6.92 Å². The van der Waals surface area contributed by atoms with Gasteiger partial charge in [-0.1, -0.05) is 30.8 Å². The van der Waals surface area contributed by atoms with E-state index in [2.05, 4.69) is 4.52 Å². The van der Waals surface area contributed by atoms with Gasteiger partial charge in [-0.05, 0) is 36.3 Å². The zero-order valence-electron chi connectivity index (χ0n) is 17.3. The first kappa shape index (κ1) is 25.8. The molecule has 2 aromatic rings. The van der Waals surface area contributed by atoms with Crippen molar-refractivity contribution in [3.8, 4) is 23.0 Å². The number of rotatable bonds is 9. The Hall–Kier alpha value is -1.45. The first-order valence-corrected chi connectivity index (χ1v) is 11.5. The number of thioether (sulfide) groups is 1. The van der Waals surface area contributed by atoms with Gasteiger partial charge in [0, 0.05) is 6.07 Å². The average molecular weight is 474 g/mol. The molecule has 1 aliphatic heterocycles. The van der Waals surface area contributed by atoms with Gasteiger partial charge in [0.2, 0.25) is 0 Å². The number of benzene rings is 2. The zero-order valence-corrected chi connectivity index (χ0v) is 21.0. The molecule has 0 fully saturated rings. The Kier molecular flexibility index (Phi) is 9.51. The summed E-state index contributed by atoms with van der Waals surface area (Å²) in [5.74, 6) is 1.26. The fourth-order valence-corrected chi connectivity index (χ4v) is 3.87. The van der Waals surface area contributed by atoms with Crippen LogP contribution in [0.15, 0.2) is 41.3 Å². The van der Waals surface area contributed by atoms with Crippen LogP contribution < -0.4 is 53.2 Å². The predicted octanol–water partition coefficient (Wildman–Crippen LogP) is 0.666. The van der Waals surface area contributed by atoms with E-state index >= 15 is 0 Å². The third kappa shape index (κ3) is 7.02. The second-order valence-corrected chi connectivity index (χ2v) is 8.30. The molecule has 1 unspecified atom stereocenters. The Morgan fingerprint density at radius 1 is 1.29 bits per heavy atom. The van der Waals surface area contributed by atoms with E-state index in [1.165, 1.54) is 43.2 Å². The number of carbonyl (C=O) groups is 1. The topological polar surface area (TPSA) is 114 Å². The van der Waals surface area contributed by atoms with Crippen LogP contribution in [0, 0.1) is 0 Å². The van der Waals surface area contributed by atoms with Crippen molar-refractivity contribution in [3.63, 3.8) is 0 Å². The fourth-order valence-electron chi connectivity index (χ4n) is 2.70. The molecule has 8 nitrogen and oxygen atoms in total. The molecule has 11 heteroatoms. The van der Waals surface area contributed by atoms with E-state index in [0.29, 0.717) is 35.2 Å². The van der Waals surface area contributed by atoms with Crippen LogP contribution in [0.5, 0.6) is 23.0 Å². The van der Waals surface area contributed by atoms with Crippen LogP contribution in [-0.4, -0.2) is 30.3 Å². The summed E-state index contributed by atoms with van der Waals surface area (Å²) in [6.07, 6.45) is 3.64. The van der Waals surface area contributed by atoms with Gasteiger partial charge < -0.3 is 28.5 Å². The predicted molar refractivity (Wildman–Crippen MR) is 110 cm³/mol. The first-order valence-electron chi connectivity index (χ1n) is 9.01. The molecule has 1 atom stereocenters. The van der Waals surface area contributed by atoms with Crippen LogP contribution in [-0.2, 0) is 4.57 Å². The molecule has 0 saturated heterocycles. The molecule has 160 valence electrons. The number of ether oxygens (including phenoxy) is 3. The Labute approximate surface area is 206 Å². The summed E-state index contributed by atoms with van der Waals surface area (Å²) >= 11 is 1.49.